The molecular weight excluding hydrogens is 266 g/mol. The Kier molecular flexibility index (Phi) is 2.50. The van der Waals surface area contributed by atoms with Crippen molar-refractivity contribution in [1.29, 1.82) is 0 Å². The molecule has 0 aliphatic heterocycles. The second-order valence-corrected chi connectivity index (χ2v) is 4.11. The minimum Gasteiger partial charge on any atom is -0.326 e. The highest BCUT2D eigenvalue weighted by atomic mass is 79.9. The lowest BCUT2D eigenvalue weighted by Crippen LogP contribution is -1.99. The third kappa shape index (κ3) is 1.45. The van der Waals surface area contributed by atoms with Crippen molar-refractivity contribution in [3.8, 4) is 0 Å². The van der Waals surface area contributed by atoms with E-state index in [1.807, 2.05) is 6.92 Å². The van der Waals surface area contributed by atoms with Crippen molar-refractivity contribution in [2.75, 3.05) is 0 Å². The molecule has 0 N–H and O–H groups in total. The van der Waals surface area contributed by atoms with Gasteiger partial charge in [-0.2, -0.15) is 0 Å². The van der Waals surface area contributed by atoms with Gasteiger partial charge in [0, 0.05) is 6.54 Å². The first-order valence-electron chi connectivity index (χ1n) is 4.56. The second kappa shape index (κ2) is 3.56. The fourth-order valence-electron chi connectivity index (χ4n) is 1.70. The molecule has 0 aliphatic rings. The lowest BCUT2D eigenvalue weighted by atomic mass is 10.3. The number of rotatable bonds is 1. The smallest absolute Gasteiger partial charge is 0.185 e. The summed E-state index contributed by atoms with van der Waals surface area (Å²) < 4.78 is 28.7. The van der Waals surface area contributed by atoms with Crippen LogP contribution in [0.4, 0.5) is 8.78 Å². The molecule has 1 heterocycles. The predicted octanol–water partition coefficient (Wildman–Crippen LogP) is 3.41. The van der Waals surface area contributed by atoms with Crippen molar-refractivity contribution in [1.82, 2.24) is 9.55 Å². The SMILES string of the molecule is CCn1c(C)nc2cc(Br)c(F)c(F)c21. The highest BCUT2D eigenvalue weighted by Gasteiger charge is 2.17. The number of imidazole rings is 1. The zero-order valence-electron chi connectivity index (χ0n) is 8.31. The summed E-state index contributed by atoms with van der Waals surface area (Å²) in [5.41, 5.74) is 0.704. The van der Waals surface area contributed by atoms with Gasteiger partial charge in [0.15, 0.2) is 11.6 Å². The third-order valence-corrected chi connectivity index (χ3v) is 2.95. The molecule has 2 aromatic rings. The molecule has 0 saturated heterocycles. The monoisotopic (exact) mass is 274 g/mol. The largest absolute Gasteiger partial charge is 0.326 e. The first-order valence-corrected chi connectivity index (χ1v) is 5.36. The quantitative estimate of drug-likeness (QED) is 0.729. The molecule has 0 spiro atoms. The Bertz CT molecular complexity index is 534. The number of fused-ring (bicyclic) bond motifs is 1. The van der Waals surface area contributed by atoms with E-state index in [4.69, 9.17) is 0 Å². The van der Waals surface area contributed by atoms with Crippen LogP contribution >= 0.6 is 15.9 Å². The van der Waals surface area contributed by atoms with E-state index in [1.54, 1.807) is 11.5 Å². The Morgan fingerprint density at radius 3 is 2.67 bits per heavy atom. The Balaban J connectivity index is 2.93. The van der Waals surface area contributed by atoms with Gasteiger partial charge in [-0.25, -0.2) is 13.8 Å². The van der Waals surface area contributed by atoms with Gasteiger partial charge in [0.25, 0.3) is 0 Å². The topological polar surface area (TPSA) is 17.8 Å². The third-order valence-electron chi connectivity index (χ3n) is 2.38. The Hall–Kier alpha value is -0.970. The lowest BCUT2D eigenvalue weighted by molar-refractivity contribution is 0.507. The minimum atomic E-state index is -0.864. The van der Waals surface area contributed by atoms with Crippen LogP contribution in [0.3, 0.4) is 0 Å². The summed E-state index contributed by atoms with van der Waals surface area (Å²) in [4.78, 5) is 4.17. The van der Waals surface area contributed by atoms with E-state index in [0.29, 0.717) is 17.9 Å². The maximum Gasteiger partial charge on any atom is 0.185 e. The van der Waals surface area contributed by atoms with Crippen LogP contribution in [0.5, 0.6) is 0 Å². The maximum atomic E-state index is 13.7. The molecule has 0 bridgehead atoms. The summed E-state index contributed by atoms with van der Waals surface area (Å²) in [6, 6.07) is 1.49. The average molecular weight is 275 g/mol. The van der Waals surface area contributed by atoms with Crippen LogP contribution in [-0.4, -0.2) is 9.55 Å². The van der Waals surface area contributed by atoms with E-state index in [-0.39, 0.29) is 9.99 Å². The molecule has 1 aromatic heterocycles. The van der Waals surface area contributed by atoms with Crippen LogP contribution in [0.1, 0.15) is 12.7 Å². The number of halogens is 3. The van der Waals surface area contributed by atoms with Gasteiger partial charge >= 0.3 is 0 Å². The summed E-state index contributed by atoms with van der Waals surface area (Å²) in [5.74, 6) is -1.03. The normalized spacial score (nSPS) is 11.3. The number of hydrogen-bond donors (Lipinski definition) is 0. The van der Waals surface area contributed by atoms with Gasteiger partial charge in [-0.3, -0.25) is 0 Å². The van der Waals surface area contributed by atoms with E-state index in [1.165, 1.54) is 6.07 Å². The Morgan fingerprint density at radius 2 is 2.07 bits per heavy atom. The van der Waals surface area contributed by atoms with Crippen LogP contribution in [0.2, 0.25) is 0 Å². The highest BCUT2D eigenvalue weighted by Crippen LogP contribution is 2.27. The van der Waals surface area contributed by atoms with E-state index in [9.17, 15) is 8.78 Å². The predicted molar refractivity (Wildman–Crippen MR) is 57.8 cm³/mol. The van der Waals surface area contributed by atoms with E-state index < -0.39 is 11.6 Å². The Morgan fingerprint density at radius 1 is 1.40 bits per heavy atom. The van der Waals surface area contributed by atoms with Gasteiger partial charge in [-0.05, 0) is 35.8 Å². The van der Waals surface area contributed by atoms with E-state index in [0.717, 1.165) is 0 Å². The van der Waals surface area contributed by atoms with Gasteiger partial charge in [0.1, 0.15) is 11.3 Å². The molecule has 0 saturated carbocycles. The molecule has 0 fully saturated rings. The summed E-state index contributed by atoms with van der Waals surface area (Å²) in [7, 11) is 0. The Labute approximate surface area is 94.0 Å². The van der Waals surface area contributed by atoms with E-state index in [2.05, 4.69) is 20.9 Å². The van der Waals surface area contributed by atoms with Crippen LogP contribution in [0.15, 0.2) is 10.5 Å². The number of aryl methyl sites for hydroxylation is 2. The number of nitrogens with zero attached hydrogens (tertiary/aromatic N) is 2. The summed E-state index contributed by atoms with van der Waals surface area (Å²) in [6.45, 7) is 4.21. The average Bonchev–Trinajstić information content (AvgIpc) is 2.50. The van der Waals surface area contributed by atoms with Gasteiger partial charge < -0.3 is 4.57 Å². The molecule has 0 aliphatic carbocycles. The van der Waals surface area contributed by atoms with Crippen molar-refractivity contribution < 1.29 is 8.78 Å². The molecule has 1 aromatic carbocycles. The first kappa shape index (κ1) is 10.5. The summed E-state index contributed by atoms with van der Waals surface area (Å²) in [5, 5.41) is 0. The molecular formula is C10H9BrF2N2. The fourth-order valence-corrected chi connectivity index (χ4v) is 2.09. The second-order valence-electron chi connectivity index (χ2n) is 3.26. The van der Waals surface area contributed by atoms with Crippen molar-refractivity contribution in [2.45, 2.75) is 20.4 Å². The van der Waals surface area contributed by atoms with Crippen LogP contribution in [-0.2, 0) is 6.54 Å². The van der Waals surface area contributed by atoms with Crippen LogP contribution in [0, 0.1) is 18.6 Å². The van der Waals surface area contributed by atoms with Crippen molar-refractivity contribution in [3.63, 3.8) is 0 Å². The van der Waals surface area contributed by atoms with Crippen molar-refractivity contribution >= 4 is 27.0 Å². The van der Waals surface area contributed by atoms with Gasteiger partial charge in [-0.1, -0.05) is 0 Å². The number of aromatic nitrogens is 2. The zero-order valence-corrected chi connectivity index (χ0v) is 9.90. The van der Waals surface area contributed by atoms with Crippen LogP contribution < -0.4 is 0 Å². The first-order chi connectivity index (χ1) is 7.06. The van der Waals surface area contributed by atoms with Crippen molar-refractivity contribution in [3.05, 3.63) is 28.0 Å². The highest BCUT2D eigenvalue weighted by molar-refractivity contribution is 9.10. The minimum absolute atomic E-state index is 0.105. The molecule has 2 nitrogen and oxygen atoms in total. The molecule has 0 amide bonds. The zero-order chi connectivity index (χ0) is 11.2. The number of benzene rings is 1. The fraction of sp³-hybridized carbons (Fsp3) is 0.300. The molecule has 2 rings (SSSR count). The standard InChI is InChI=1S/C10H9BrF2N2/c1-3-15-5(2)14-7-4-6(11)8(12)9(13)10(7)15/h4H,3H2,1-2H3. The molecule has 0 radical (unpaired) electrons. The number of hydrogen-bond acceptors (Lipinski definition) is 1. The molecule has 5 heteroatoms. The lowest BCUT2D eigenvalue weighted by Gasteiger charge is -2.03. The molecule has 0 atom stereocenters. The molecule has 80 valence electrons. The van der Waals surface area contributed by atoms with Crippen LogP contribution in [0.25, 0.3) is 11.0 Å². The molecule has 15 heavy (non-hydrogen) atoms. The maximum absolute atomic E-state index is 13.7. The van der Waals surface area contributed by atoms with Crippen molar-refractivity contribution in [2.24, 2.45) is 0 Å². The van der Waals surface area contributed by atoms with E-state index >= 15 is 0 Å². The van der Waals surface area contributed by atoms with Gasteiger partial charge in [0.2, 0.25) is 0 Å². The summed E-state index contributed by atoms with van der Waals surface area (Å²) >= 11 is 2.96. The van der Waals surface area contributed by atoms with Gasteiger partial charge in [-0.15, -0.1) is 0 Å². The molecule has 0 unspecified atom stereocenters. The summed E-state index contributed by atoms with van der Waals surface area (Å²) in [6.07, 6.45) is 0. The van der Waals surface area contributed by atoms with Gasteiger partial charge in [0.05, 0.1) is 9.99 Å².